The van der Waals surface area contributed by atoms with Crippen LogP contribution in [0.5, 0.6) is 5.75 Å². The molecule has 0 aliphatic heterocycles. The molecule has 0 amide bonds. The van der Waals surface area contributed by atoms with Crippen molar-refractivity contribution in [2.75, 3.05) is 0 Å². The predicted octanol–water partition coefficient (Wildman–Crippen LogP) is 1.56. The van der Waals surface area contributed by atoms with Crippen LogP contribution >= 0.6 is 0 Å². The molecule has 0 fully saturated rings. The van der Waals surface area contributed by atoms with Crippen molar-refractivity contribution in [2.45, 2.75) is 0 Å². The molecule has 0 aliphatic carbocycles. The molecule has 0 unspecified atom stereocenters. The average molecular weight is 264 g/mol. The Morgan fingerprint density at radius 2 is 1.83 bits per heavy atom. The van der Waals surface area contributed by atoms with Crippen LogP contribution in [0.3, 0.4) is 0 Å². The van der Waals surface area contributed by atoms with Gasteiger partial charge in [0, 0.05) is 35.5 Å². The molecule has 0 atom stereocenters. The molecule has 3 heteroatoms. The van der Waals surface area contributed by atoms with Gasteiger partial charge < -0.3 is 5.11 Å². The average Bonchev–Trinajstić information content (AvgIpc) is 2.06. The molecule has 0 saturated carbocycles. The summed E-state index contributed by atoms with van der Waals surface area (Å²) in [5.74, 6) is 0.239. The fourth-order valence-electron chi connectivity index (χ4n) is 1.09. The molecular weight excluding hydrogens is 257 g/mol. The summed E-state index contributed by atoms with van der Waals surface area (Å²) in [6.07, 6.45) is 1.67. The van der Waals surface area contributed by atoms with Gasteiger partial charge in [-0.1, -0.05) is 18.2 Å². The number of aromatic hydroxyl groups is 1. The van der Waals surface area contributed by atoms with Crippen molar-refractivity contribution in [1.29, 1.82) is 0 Å². The van der Waals surface area contributed by atoms with Crippen molar-refractivity contribution in [3.05, 3.63) is 36.5 Å². The number of fused-ring (bicyclic) bond motifs is 1. The summed E-state index contributed by atoms with van der Waals surface area (Å²) >= 11 is 0. The van der Waals surface area contributed by atoms with E-state index in [4.69, 9.17) is 0 Å². The molecular formula is C9H7NOSn. The van der Waals surface area contributed by atoms with Gasteiger partial charge in [0.15, 0.2) is 0 Å². The molecule has 2 aromatic rings. The molecule has 1 aromatic carbocycles. The van der Waals surface area contributed by atoms with Gasteiger partial charge in [0.05, 0.1) is 0 Å². The van der Waals surface area contributed by atoms with Gasteiger partial charge in [-0.25, -0.2) is 0 Å². The second-order valence-electron chi connectivity index (χ2n) is 2.35. The zero-order chi connectivity index (χ0) is 7.68. The smallest absolute Gasteiger partial charge is 0.141 e. The molecule has 4 radical (unpaired) electrons. The van der Waals surface area contributed by atoms with Gasteiger partial charge in [-0.3, -0.25) is 4.98 Å². The Labute approximate surface area is 87.2 Å². The molecule has 2 nitrogen and oxygen atoms in total. The third-order valence-electron chi connectivity index (χ3n) is 1.61. The first-order chi connectivity index (χ1) is 5.38. The molecule has 2 rings (SSSR count). The van der Waals surface area contributed by atoms with Crippen LogP contribution in [-0.2, 0) is 0 Å². The van der Waals surface area contributed by atoms with Crippen LogP contribution in [0.25, 0.3) is 10.9 Å². The Morgan fingerprint density at radius 3 is 2.58 bits per heavy atom. The van der Waals surface area contributed by atoms with Gasteiger partial charge >= 0.3 is 0 Å². The van der Waals surface area contributed by atoms with E-state index in [-0.39, 0.29) is 29.7 Å². The minimum atomic E-state index is 0. The number of aromatic nitrogens is 1. The van der Waals surface area contributed by atoms with Crippen LogP contribution in [0.4, 0.5) is 0 Å². The van der Waals surface area contributed by atoms with Gasteiger partial charge in [-0.2, -0.15) is 0 Å². The molecule has 12 heavy (non-hydrogen) atoms. The molecule has 0 bridgehead atoms. The number of hydrogen-bond acceptors (Lipinski definition) is 2. The molecule has 0 saturated heterocycles. The van der Waals surface area contributed by atoms with Crippen molar-refractivity contribution in [2.24, 2.45) is 0 Å². The number of nitrogens with zero attached hydrogens (tertiary/aromatic N) is 1. The zero-order valence-electron chi connectivity index (χ0n) is 6.36. The van der Waals surface area contributed by atoms with Crippen molar-refractivity contribution >= 4 is 34.8 Å². The van der Waals surface area contributed by atoms with E-state index in [0.717, 1.165) is 5.39 Å². The maximum atomic E-state index is 9.31. The quantitative estimate of drug-likeness (QED) is 0.732. The van der Waals surface area contributed by atoms with Crippen LogP contribution in [0, 0.1) is 0 Å². The van der Waals surface area contributed by atoms with Gasteiger partial charge in [-0.05, 0) is 12.1 Å². The SMILES string of the molecule is Oc1cccc2cccnc12.[Sn]. The largest absolute Gasteiger partial charge is 0.506 e. The van der Waals surface area contributed by atoms with Crippen molar-refractivity contribution in [3.63, 3.8) is 0 Å². The van der Waals surface area contributed by atoms with Crippen LogP contribution < -0.4 is 0 Å². The molecule has 0 aliphatic rings. The molecule has 1 aromatic heterocycles. The first-order valence-corrected chi connectivity index (χ1v) is 3.40. The van der Waals surface area contributed by atoms with Crippen LogP contribution in [0.15, 0.2) is 36.5 Å². The molecule has 0 spiro atoms. The summed E-state index contributed by atoms with van der Waals surface area (Å²) in [5, 5.41) is 10.3. The van der Waals surface area contributed by atoms with Crippen molar-refractivity contribution in [3.8, 4) is 5.75 Å². The summed E-state index contributed by atoms with van der Waals surface area (Å²) in [4.78, 5) is 4.03. The Hall–Kier alpha value is -0.771. The van der Waals surface area contributed by atoms with Gasteiger partial charge in [-0.15, -0.1) is 0 Å². The summed E-state index contributed by atoms with van der Waals surface area (Å²) in [7, 11) is 0. The number of phenols is 1. The second kappa shape index (κ2) is 3.76. The minimum Gasteiger partial charge on any atom is -0.506 e. The van der Waals surface area contributed by atoms with Crippen LogP contribution in [-0.4, -0.2) is 34.0 Å². The molecule has 1 N–H and O–H groups in total. The Morgan fingerprint density at radius 1 is 1.08 bits per heavy atom. The van der Waals surface area contributed by atoms with E-state index in [2.05, 4.69) is 4.98 Å². The van der Waals surface area contributed by atoms with Gasteiger partial charge in [0.2, 0.25) is 0 Å². The van der Waals surface area contributed by atoms with Crippen molar-refractivity contribution < 1.29 is 5.11 Å². The predicted molar refractivity (Wildman–Crippen MR) is 49.2 cm³/mol. The van der Waals surface area contributed by atoms with Crippen molar-refractivity contribution in [1.82, 2.24) is 4.98 Å². The number of hydrogen-bond donors (Lipinski definition) is 1. The normalized spacial score (nSPS) is 9.33. The van der Waals surface area contributed by atoms with E-state index >= 15 is 0 Å². The van der Waals surface area contributed by atoms with Crippen LogP contribution in [0.1, 0.15) is 0 Å². The second-order valence-corrected chi connectivity index (χ2v) is 2.35. The van der Waals surface area contributed by atoms with E-state index in [1.807, 2.05) is 18.2 Å². The van der Waals surface area contributed by atoms with E-state index in [1.165, 1.54) is 0 Å². The summed E-state index contributed by atoms with van der Waals surface area (Å²) < 4.78 is 0. The fraction of sp³-hybridized carbons (Fsp3) is 0. The first-order valence-electron chi connectivity index (χ1n) is 3.40. The third kappa shape index (κ3) is 1.53. The Bertz CT molecular complexity index is 384. The molecule has 1 heterocycles. The standard InChI is InChI=1S/C9H7NO.Sn/c11-8-5-1-3-7-4-2-6-10-9(7)8;/h1-6,11H;. The summed E-state index contributed by atoms with van der Waals surface area (Å²) in [6.45, 7) is 0. The van der Waals surface area contributed by atoms with E-state index in [0.29, 0.717) is 5.52 Å². The fourth-order valence-corrected chi connectivity index (χ4v) is 1.09. The topological polar surface area (TPSA) is 33.1 Å². The monoisotopic (exact) mass is 265 g/mol. The first kappa shape index (κ1) is 9.32. The molecule has 58 valence electrons. The third-order valence-corrected chi connectivity index (χ3v) is 1.61. The number of phenolic OH excluding ortho intramolecular Hbond substituents is 1. The summed E-state index contributed by atoms with van der Waals surface area (Å²) in [5.41, 5.74) is 0.662. The maximum Gasteiger partial charge on any atom is 0.141 e. The maximum absolute atomic E-state index is 9.31. The van der Waals surface area contributed by atoms with Crippen LogP contribution in [0.2, 0.25) is 0 Å². The Kier molecular flexibility index (Phi) is 2.92. The van der Waals surface area contributed by atoms with E-state index in [1.54, 1.807) is 18.3 Å². The number of rotatable bonds is 0. The van der Waals surface area contributed by atoms with Gasteiger partial charge in [0.1, 0.15) is 11.3 Å². The Balaban J connectivity index is 0.000000720. The van der Waals surface area contributed by atoms with E-state index < -0.39 is 0 Å². The van der Waals surface area contributed by atoms with E-state index in [9.17, 15) is 5.11 Å². The summed E-state index contributed by atoms with van der Waals surface area (Å²) in [6, 6.07) is 9.13. The van der Waals surface area contributed by atoms with Gasteiger partial charge in [0.25, 0.3) is 0 Å². The number of pyridine rings is 1. The zero-order valence-corrected chi connectivity index (χ0v) is 9.21. The minimum absolute atomic E-state index is 0. The number of benzene rings is 1. The number of para-hydroxylation sites is 1.